The molecule has 0 bridgehead atoms. The molecule has 2 aromatic rings. The Hall–Kier alpha value is -2.60. The number of rotatable bonds is 4. The van der Waals surface area contributed by atoms with Crippen molar-refractivity contribution in [3.8, 4) is 5.75 Å². The second kappa shape index (κ2) is 6.91. The molecule has 0 saturated heterocycles. The van der Waals surface area contributed by atoms with Crippen LogP contribution in [0.4, 0.5) is 10.5 Å². The summed E-state index contributed by atoms with van der Waals surface area (Å²) in [5, 5.41) is 13.7. The van der Waals surface area contributed by atoms with Gasteiger partial charge in [-0.1, -0.05) is 29.8 Å². The monoisotopic (exact) mass is 320 g/mol. The highest BCUT2D eigenvalue weighted by Crippen LogP contribution is 2.22. The highest BCUT2D eigenvalue weighted by Gasteiger charge is 2.14. The average molecular weight is 321 g/mol. The number of nitro groups is 1. The van der Waals surface area contributed by atoms with E-state index in [9.17, 15) is 14.9 Å². The lowest BCUT2D eigenvalue weighted by molar-refractivity contribution is -0.384. The first kappa shape index (κ1) is 15.8. The molecule has 0 aliphatic rings. The van der Waals surface area contributed by atoms with Gasteiger partial charge in [0.05, 0.1) is 11.0 Å². The van der Waals surface area contributed by atoms with E-state index in [1.54, 1.807) is 25.1 Å². The topological polar surface area (TPSA) is 81.5 Å². The minimum atomic E-state index is -0.665. The Morgan fingerprint density at radius 1 is 1.23 bits per heavy atom. The van der Waals surface area contributed by atoms with E-state index in [4.69, 9.17) is 16.3 Å². The molecule has 22 heavy (non-hydrogen) atoms. The Morgan fingerprint density at radius 2 is 1.86 bits per heavy atom. The molecule has 6 nitrogen and oxygen atoms in total. The molecule has 1 N–H and O–H groups in total. The first-order chi connectivity index (χ1) is 10.5. The highest BCUT2D eigenvalue weighted by molar-refractivity contribution is 6.31. The lowest BCUT2D eigenvalue weighted by Crippen LogP contribution is -2.29. The van der Waals surface area contributed by atoms with Gasteiger partial charge in [-0.25, -0.2) is 4.79 Å². The van der Waals surface area contributed by atoms with Crippen LogP contribution in [-0.4, -0.2) is 11.0 Å². The lowest BCUT2D eigenvalue weighted by Gasteiger charge is -2.15. The van der Waals surface area contributed by atoms with Gasteiger partial charge in [0.1, 0.15) is 5.75 Å². The van der Waals surface area contributed by atoms with E-state index < -0.39 is 11.0 Å². The van der Waals surface area contributed by atoms with E-state index in [1.165, 1.54) is 24.3 Å². The number of nitro benzene ring substituents is 1. The van der Waals surface area contributed by atoms with Gasteiger partial charge in [0.15, 0.2) is 0 Å². The van der Waals surface area contributed by atoms with Crippen molar-refractivity contribution in [2.75, 3.05) is 0 Å². The molecular weight excluding hydrogens is 308 g/mol. The van der Waals surface area contributed by atoms with E-state index in [-0.39, 0.29) is 17.5 Å². The van der Waals surface area contributed by atoms with Crippen molar-refractivity contribution in [2.45, 2.75) is 13.0 Å². The molecule has 2 aromatic carbocycles. The van der Waals surface area contributed by atoms with E-state index in [0.717, 1.165) is 5.56 Å². The van der Waals surface area contributed by atoms with Crippen molar-refractivity contribution in [3.63, 3.8) is 0 Å². The van der Waals surface area contributed by atoms with Gasteiger partial charge in [0.25, 0.3) is 5.69 Å². The summed E-state index contributed by atoms with van der Waals surface area (Å²) in [6.07, 6.45) is -0.665. The Morgan fingerprint density at radius 3 is 2.45 bits per heavy atom. The lowest BCUT2D eigenvalue weighted by atomic mass is 10.1. The summed E-state index contributed by atoms with van der Waals surface area (Å²) in [6, 6.07) is 12.1. The summed E-state index contributed by atoms with van der Waals surface area (Å²) >= 11 is 6.05. The van der Waals surface area contributed by atoms with Gasteiger partial charge >= 0.3 is 6.09 Å². The van der Waals surface area contributed by atoms with Gasteiger partial charge < -0.3 is 10.1 Å². The summed E-state index contributed by atoms with van der Waals surface area (Å²) in [6.45, 7) is 1.78. The standard InChI is InChI=1S/C15H13ClN2O4/c1-10(13-4-2-3-5-14(13)16)17-15(19)22-12-8-6-11(7-9-12)18(20)21/h2-10H,1H3,(H,17,19). The molecule has 0 spiro atoms. The maximum Gasteiger partial charge on any atom is 0.413 e. The first-order valence-corrected chi connectivity index (χ1v) is 6.82. The molecule has 1 atom stereocenters. The quantitative estimate of drug-likeness (QED) is 0.679. The van der Waals surface area contributed by atoms with Crippen LogP contribution < -0.4 is 10.1 Å². The minimum absolute atomic E-state index is 0.0720. The van der Waals surface area contributed by atoms with E-state index in [0.29, 0.717) is 5.02 Å². The normalized spacial score (nSPS) is 11.5. The van der Waals surface area contributed by atoms with E-state index in [1.807, 2.05) is 6.07 Å². The summed E-state index contributed by atoms with van der Waals surface area (Å²) in [4.78, 5) is 21.8. The predicted octanol–water partition coefficient (Wildman–Crippen LogP) is 4.10. The van der Waals surface area contributed by atoms with Crippen molar-refractivity contribution < 1.29 is 14.5 Å². The third kappa shape index (κ3) is 3.95. The van der Waals surface area contributed by atoms with E-state index in [2.05, 4.69) is 5.32 Å². The number of hydrogen-bond donors (Lipinski definition) is 1. The summed E-state index contributed by atoms with van der Waals surface area (Å²) in [5.41, 5.74) is 0.696. The van der Waals surface area contributed by atoms with Crippen LogP contribution in [0.15, 0.2) is 48.5 Å². The molecule has 0 aliphatic carbocycles. The zero-order valence-electron chi connectivity index (χ0n) is 11.7. The SMILES string of the molecule is CC(NC(=O)Oc1ccc([N+](=O)[O-])cc1)c1ccccc1Cl. The average Bonchev–Trinajstić information content (AvgIpc) is 2.48. The fraction of sp³-hybridized carbons (Fsp3) is 0.133. The molecule has 0 fully saturated rings. The zero-order chi connectivity index (χ0) is 16.1. The number of benzene rings is 2. The Balaban J connectivity index is 1.98. The first-order valence-electron chi connectivity index (χ1n) is 6.44. The summed E-state index contributed by atoms with van der Waals surface area (Å²) in [7, 11) is 0. The summed E-state index contributed by atoms with van der Waals surface area (Å²) < 4.78 is 5.07. The van der Waals surface area contributed by atoms with Crippen molar-refractivity contribution >= 4 is 23.4 Å². The number of halogens is 1. The second-order valence-corrected chi connectivity index (χ2v) is 4.94. The van der Waals surface area contributed by atoms with Crippen LogP contribution in [-0.2, 0) is 0 Å². The smallest absolute Gasteiger partial charge is 0.410 e. The molecule has 2 rings (SSSR count). The Bertz CT molecular complexity index is 688. The minimum Gasteiger partial charge on any atom is -0.410 e. The number of carbonyl (C=O) groups is 1. The maximum absolute atomic E-state index is 11.8. The maximum atomic E-state index is 11.8. The Labute approximate surface area is 131 Å². The van der Waals surface area contributed by atoms with E-state index >= 15 is 0 Å². The molecule has 1 amide bonds. The van der Waals surface area contributed by atoms with Crippen LogP contribution in [0.2, 0.25) is 5.02 Å². The Kier molecular flexibility index (Phi) is 4.95. The van der Waals surface area contributed by atoms with Gasteiger partial charge in [-0.2, -0.15) is 0 Å². The third-order valence-corrected chi connectivity index (χ3v) is 3.31. The van der Waals surface area contributed by atoms with Crippen molar-refractivity contribution in [2.24, 2.45) is 0 Å². The number of non-ortho nitro benzene ring substituents is 1. The van der Waals surface area contributed by atoms with Crippen molar-refractivity contribution in [1.29, 1.82) is 0 Å². The van der Waals surface area contributed by atoms with Crippen LogP contribution in [0.3, 0.4) is 0 Å². The summed E-state index contributed by atoms with van der Waals surface area (Å²) in [5.74, 6) is 0.217. The predicted molar refractivity (Wildman–Crippen MR) is 82.1 cm³/mol. The number of ether oxygens (including phenoxy) is 1. The van der Waals surface area contributed by atoms with Crippen molar-refractivity contribution in [1.82, 2.24) is 5.32 Å². The van der Waals surface area contributed by atoms with Crippen LogP contribution >= 0.6 is 11.6 Å². The van der Waals surface area contributed by atoms with Crippen LogP contribution in [0.5, 0.6) is 5.75 Å². The number of nitrogens with one attached hydrogen (secondary N) is 1. The van der Waals surface area contributed by atoms with Crippen LogP contribution in [0.25, 0.3) is 0 Å². The number of carbonyl (C=O) groups excluding carboxylic acids is 1. The van der Waals surface area contributed by atoms with Crippen molar-refractivity contribution in [3.05, 3.63) is 69.2 Å². The number of hydrogen-bond acceptors (Lipinski definition) is 4. The third-order valence-electron chi connectivity index (χ3n) is 2.96. The molecule has 1 unspecified atom stereocenters. The molecule has 0 aliphatic heterocycles. The zero-order valence-corrected chi connectivity index (χ0v) is 12.4. The van der Waals surface area contributed by atoms with Gasteiger partial charge in [-0.15, -0.1) is 0 Å². The molecule has 114 valence electrons. The number of nitrogens with zero attached hydrogens (tertiary/aromatic N) is 1. The molecule has 0 radical (unpaired) electrons. The molecule has 0 heterocycles. The molecule has 0 saturated carbocycles. The number of amides is 1. The van der Waals surface area contributed by atoms with Crippen LogP contribution in [0, 0.1) is 10.1 Å². The fourth-order valence-corrected chi connectivity index (χ4v) is 2.15. The second-order valence-electron chi connectivity index (χ2n) is 4.53. The molecular formula is C15H13ClN2O4. The van der Waals surface area contributed by atoms with Gasteiger partial charge in [-0.05, 0) is 30.7 Å². The molecule has 0 aromatic heterocycles. The fourth-order valence-electron chi connectivity index (χ4n) is 1.85. The van der Waals surface area contributed by atoms with Crippen LogP contribution in [0.1, 0.15) is 18.5 Å². The van der Waals surface area contributed by atoms with Gasteiger partial charge in [0, 0.05) is 17.2 Å². The van der Waals surface area contributed by atoms with Gasteiger partial charge in [0.2, 0.25) is 0 Å². The highest BCUT2D eigenvalue weighted by atomic mass is 35.5. The van der Waals surface area contributed by atoms with Gasteiger partial charge in [-0.3, -0.25) is 10.1 Å². The molecule has 7 heteroatoms. The largest absolute Gasteiger partial charge is 0.413 e.